The maximum absolute atomic E-state index is 11.0. The molecule has 0 aromatic carbocycles. The van der Waals surface area contributed by atoms with Gasteiger partial charge in [0, 0.05) is 19.3 Å². The molecule has 1 fully saturated rings. The van der Waals surface area contributed by atoms with Crippen molar-refractivity contribution >= 4 is 11.6 Å². The molecule has 3 heterocycles. The van der Waals surface area contributed by atoms with Gasteiger partial charge < -0.3 is 14.7 Å². The van der Waals surface area contributed by atoms with Crippen LogP contribution in [0.25, 0.3) is 5.65 Å². The lowest BCUT2D eigenvalue weighted by molar-refractivity contribution is 0.0691. The Morgan fingerprint density at radius 2 is 2.15 bits per heavy atom. The van der Waals surface area contributed by atoms with Crippen LogP contribution in [0.2, 0.25) is 0 Å². The Kier molecular flexibility index (Phi) is 3.31. The standard InChI is InChI=1S/C14H17N3O3/c1-16-7-5-10(6-8-16)20-13-4-2-3-12-15-11(14(18)19)9-17(12)13/h2-4,9-10H,5-8H2,1H3,(H,18,19). The van der Waals surface area contributed by atoms with E-state index in [4.69, 9.17) is 9.84 Å². The fourth-order valence-electron chi connectivity index (χ4n) is 2.46. The summed E-state index contributed by atoms with van der Waals surface area (Å²) in [5, 5.41) is 9.01. The topological polar surface area (TPSA) is 67.1 Å². The first-order valence-electron chi connectivity index (χ1n) is 6.70. The molecule has 6 heteroatoms. The molecule has 0 bridgehead atoms. The molecule has 0 amide bonds. The van der Waals surface area contributed by atoms with E-state index in [1.165, 1.54) is 6.20 Å². The molecule has 106 valence electrons. The van der Waals surface area contributed by atoms with Gasteiger partial charge >= 0.3 is 5.97 Å². The van der Waals surface area contributed by atoms with Gasteiger partial charge in [-0.2, -0.15) is 0 Å². The second kappa shape index (κ2) is 5.13. The zero-order chi connectivity index (χ0) is 14.1. The number of likely N-dealkylation sites (tertiary alicyclic amines) is 1. The number of rotatable bonds is 3. The van der Waals surface area contributed by atoms with Crippen LogP contribution in [0.1, 0.15) is 23.3 Å². The maximum Gasteiger partial charge on any atom is 0.356 e. The van der Waals surface area contributed by atoms with Gasteiger partial charge in [-0.1, -0.05) is 6.07 Å². The van der Waals surface area contributed by atoms with Crippen LogP contribution < -0.4 is 4.74 Å². The first-order chi connectivity index (χ1) is 9.63. The van der Waals surface area contributed by atoms with Crippen molar-refractivity contribution in [1.82, 2.24) is 14.3 Å². The van der Waals surface area contributed by atoms with Crippen LogP contribution in [0.5, 0.6) is 5.88 Å². The van der Waals surface area contributed by atoms with Crippen molar-refractivity contribution in [2.24, 2.45) is 0 Å². The zero-order valence-electron chi connectivity index (χ0n) is 11.3. The summed E-state index contributed by atoms with van der Waals surface area (Å²) in [5.41, 5.74) is 0.622. The van der Waals surface area contributed by atoms with E-state index in [0.717, 1.165) is 25.9 Å². The molecule has 0 atom stereocenters. The van der Waals surface area contributed by atoms with Gasteiger partial charge in [0.2, 0.25) is 0 Å². The minimum absolute atomic E-state index is 0.0319. The summed E-state index contributed by atoms with van der Waals surface area (Å²) in [6, 6.07) is 5.45. The minimum atomic E-state index is -1.03. The Labute approximate surface area is 116 Å². The number of aromatic nitrogens is 2. The Hall–Kier alpha value is -2.08. The number of ether oxygens (including phenoxy) is 1. The van der Waals surface area contributed by atoms with Crippen LogP contribution in [-0.2, 0) is 0 Å². The Bertz CT molecular complexity index is 630. The molecule has 0 spiro atoms. The van der Waals surface area contributed by atoms with Crippen molar-refractivity contribution < 1.29 is 14.6 Å². The van der Waals surface area contributed by atoms with Crippen molar-refractivity contribution in [3.63, 3.8) is 0 Å². The number of carboxylic acid groups (broad SMARTS) is 1. The molecule has 0 saturated carbocycles. The Morgan fingerprint density at radius 1 is 1.40 bits per heavy atom. The van der Waals surface area contributed by atoms with Gasteiger partial charge in [0.05, 0.1) is 0 Å². The molecule has 2 aromatic heterocycles. The third kappa shape index (κ3) is 2.46. The first-order valence-corrected chi connectivity index (χ1v) is 6.70. The first kappa shape index (κ1) is 12.9. The van der Waals surface area contributed by atoms with Gasteiger partial charge in [-0.25, -0.2) is 9.78 Å². The quantitative estimate of drug-likeness (QED) is 0.919. The number of pyridine rings is 1. The molecule has 2 aromatic rings. The van der Waals surface area contributed by atoms with Crippen molar-refractivity contribution in [1.29, 1.82) is 0 Å². The summed E-state index contributed by atoms with van der Waals surface area (Å²) < 4.78 is 7.71. The second-order valence-corrected chi connectivity index (χ2v) is 5.14. The third-order valence-electron chi connectivity index (χ3n) is 3.63. The lowest BCUT2D eigenvalue weighted by atomic mass is 10.1. The van der Waals surface area contributed by atoms with Crippen molar-refractivity contribution in [2.75, 3.05) is 20.1 Å². The SMILES string of the molecule is CN1CCC(Oc2cccc3nc(C(=O)O)cn23)CC1. The number of nitrogens with zero attached hydrogens (tertiary/aromatic N) is 3. The Balaban J connectivity index is 1.85. The number of aromatic carboxylic acids is 1. The lowest BCUT2D eigenvalue weighted by Crippen LogP contribution is -2.35. The highest BCUT2D eigenvalue weighted by Crippen LogP contribution is 2.20. The van der Waals surface area contributed by atoms with E-state index in [1.54, 1.807) is 10.5 Å². The smallest absolute Gasteiger partial charge is 0.356 e. The molecule has 1 saturated heterocycles. The van der Waals surface area contributed by atoms with E-state index in [0.29, 0.717) is 11.5 Å². The minimum Gasteiger partial charge on any atom is -0.476 e. The summed E-state index contributed by atoms with van der Waals surface area (Å²) in [5.74, 6) is -0.379. The normalized spacial score (nSPS) is 17.4. The third-order valence-corrected chi connectivity index (χ3v) is 3.63. The monoisotopic (exact) mass is 275 g/mol. The molecule has 1 aliphatic rings. The number of fused-ring (bicyclic) bond motifs is 1. The highest BCUT2D eigenvalue weighted by molar-refractivity contribution is 5.86. The van der Waals surface area contributed by atoms with Crippen LogP contribution in [0, 0.1) is 0 Å². The zero-order valence-corrected chi connectivity index (χ0v) is 11.3. The fraction of sp³-hybridized carbons (Fsp3) is 0.429. The van der Waals surface area contributed by atoms with Gasteiger partial charge in [-0.3, -0.25) is 4.40 Å². The largest absolute Gasteiger partial charge is 0.476 e. The number of hydrogen-bond donors (Lipinski definition) is 1. The van der Waals surface area contributed by atoms with E-state index < -0.39 is 5.97 Å². The summed E-state index contributed by atoms with van der Waals surface area (Å²) in [7, 11) is 2.10. The van der Waals surface area contributed by atoms with Gasteiger partial charge in [0.15, 0.2) is 11.6 Å². The number of piperidine rings is 1. The van der Waals surface area contributed by atoms with Gasteiger partial charge in [-0.05, 0) is 32.0 Å². The van der Waals surface area contributed by atoms with E-state index in [1.807, 2.05) is 12.1 Å². The van der Waals surface area contributed by atoms with E-state index >= 15 is 0 Å². The van der Waals surface area contributed by atoms with Crippen molar-refractivity contribution in [3.05, 3.63) is 30.1 Å². The van der Waals surface area contributed by atoms with Crippen molar-refractivity contribution in [2.45, 2.75) is 18.9 Å². The molecule has 1 N–H and O–H groups in total. The number of carboxylic acids is 1. The molecule has 0 unspecified atom stereocenters. The van der Waals surface area contributed by atoms with E-state index in [9.17, 15) is 4.79 Å². The average Bonchev–Trinajstić information content (AvgIpc) is 2.87. The molecule has 6 nitrogen and oxygen atoms in total. The van der Waals surface area contributed by atoms with Gasteiger partial charge in [-0.15, -0.1) is 0 Å². The molecule has 0 aliphatic carbocycles. The highest BCUT2D eigenvalue weighted by atomic mass is 16.5. The molecular formula is C14H17N3O3. The molecule has 20 heavy (non-hydrogen) atoms. The summed E-state index contributed by atoms with van der Waals surface area (Å²) in [6.45, 7) is 2.04. The molecular weight excluding hydrogens is 258 g/mol. The molecule has 1 aliphatic heterocycles. The van der Waals surface area contributed by atoms with Crippen LogP contribution in [0.15, 0.2) is 24.4 Å². The van der Waals surface area contributed by atoms with E-state index in [2.05, 4.69) is 16.9 Å². The Morgan fingerprint density at radius 3 is 2.85 bits per heavy atom. The average molecular weight is 275 g/mol. The summed E-state index contributed by atoms with van der Waals surface area (Å²) in [6.07, 6.45) is 3.63. The second-order valence-electron chi connectivity index (χ2n) is 5.14. The molecule has 3 rings (SSSR count). The number of carbonyl (C=O) groups is 1. The number of imidazole rings is 1. The van der Waals surface area contributed by atoms with Crippen LogP contribution >= 0.6 is 0 Å². The van der Waals surface area contributed by atoms with Gasteiger partial charge in [0.1, 0.15) is 11.8 Å². The molecule has 0 radical (unpaired) electrons. The maximum atomic E-state index is 11.0. The van der Waals surface area contributed by atoms with Crippen LogP contribution in [0.3, 0.4) is 0 Å². The van der Waals surface area contributed by atoms with Crippen LogP contribution in [-0.4, -0.2) is 51.6 Å². The number of hydrogen-bond acceptors (Lipinski definition) is 4. The predicted octanol–water partition coefficient (Wildman–Crippen LogP) is 1.51. The fourth-order valence-corrected chi connectivity index (χ4v) is 2.46. The summed E-state index contributed by atoms with van der Waals surface area (Å²) >= 11 is 0. The highest BCUT2D eigenvalue weighted by Gasteiger charge is 2.19. The lowest BCUT2D eigenvalue weighted by Gasteiger charge is -2.29. The van der Waals surface area contributed by atoms with Crippen molar-refractivity contribution in [3.8, 4) is 5.88 Å². The summed E-state index contributed by atoms with van der Waals surface area (Å²) in [4.78, 5) is 17.3. The van der Waals surface area contributed by atoms with Crippen LogP contribution in [0.4, 0.5) is 0 Å². The van der Waals surface area contributed by atoms with E-state index in [-0.39, 0.29) is 11.8 Å². The predicted molar refractivity (Wildman–Crippen MR) is 73.3 cm³/mol. The van der Waals surface area contributed by atoms with Gasteiger partial charge in [0.25, 0.3) is 0 Å².